The molecule has 0 amide bonds. The summed E-state index contributed by atoms with van der Waals surface area (Å²) in [7, 11) is 1.44. The minimum absolute atomic E-state index is 0.0815. The summed E-state index contributed by atoms with van der Waals surface area (Å²) >= 11 is 0. The van der Waals surface area contributed by atoms with Crippen LogP contribution in [0.5, 0.6) is 5.75 Å². The first kappa shape index (κ1) is 14.7. The second kappa shape index (κ2) is 6.18. The molecule has 0 aromatic heterocycles. The van der Waals surface area contributed by atoms with Crippen LogP contribution in [0, 0.1) is 28.8 Å². The highest BCUT2D eigenvalue weighted by atomic mass is 19.1. The minimum Gasteiger partial charge on any atom is -0.495 e. The minimum atomic E-state index is -1.01. The molecule has 0 unspecified atom stereocenters. The monoisotopic (exact) mass is 292 g/mol. The Morgan fingerprint density at radius 3 is 2.38 bits per heavy atom. The first-order valence-corrected chi connectivity index (χ1v) is 6.00. The van der Waals surface area contributed by atoms with Gasteiger partial charge in [0.25, 0.3) is 0 Å². The molecule has 1 N–H and O–H groups in total. The van der Waals surface area contributed by atoms with Crippen LogP contribution in [0.15, 0.2) is 30.3 Å². The number of hydrogen-bond acceptors (Lipinski definition) is 3. The molecule has 0 heterocycles. The third-order valence-corrected chi connectivity index (χ3v) is 2.86. The summed E-state index contributed by atoms with van der Waals surface area (Å²) in [5, 5.41) is 11.5. The zero-order valence-corrected chi connectivity index (χ0v) is 11.1. The van der Waals surface area contributed by atoms with Gasteiger partial charge in [-0.25, -0.2) is 13.2 Å². The maximum absolute atomic E-state index is 13.5. The Kier molecular flexibility index (Phi) is 4.33. The van der Waals surface area contributed by atoms with E-state index in [0.717, 1.165) is 0 Å². The zero-order valence-electron chi connectivity index (χ0n) is 11.1. The van der Waals surface area contributed by atoms with Gasteiger partial charge >= 0.3 is 0 Å². The normalized spacial score (nSPS) is 10.0. The van der Waals surface area contributed by atoms with Crippen molar-refractivity contribution in [1.29, 1.82) is 5.26 Å². The predicted octanol–water partition coefficient (Wildman–Crippen LogP) is 3.60. The molecule has 21 heavy (non-hydrogen) atoms. The van der Waals surface area contributed by atoms with Gasteiger partial charge in [-0.15, -0.1) is 0 Å². The second-order valence-corrected chi connectivity index (χ2v) is 4.24. The average Bonchev–Trinajstić information content (AvgIpc) is 2.45. The molecule has 0 bridgehead atoms. The van der Waals surface area contributed by atoms with Gasteiger partial charge in [-0.1, -0.05) is 6.07 Å². The Morgan fingerprint density at radius 2 is 1.81 bits per heavy atom. The van der Waals surface area contributed by atoms with E-state index in [1.165, 1.54) is 7.11 Å². The lowest BCUT2D eigenvalue weighted by molar-refractivity contribution is 0.413. The number of nitrogens with zero attached hydrogens (tertiary/aromatic N) is 1. The lowest BCUT2D eigenvalue weighted by Gasteiger charge is -2.10. The molecule has 0 aliphatic heterocycles. The summed E-state index contributed by atoms with van der Waals surface area (Å²) < 4.78 is 44.7. The number of nitriles is 1. The van der Waals surface area contributed by atoms with Crippen LogP contribution in [0.25, 0.3) is 0 Å². The molecular formula is C15H11F3N2O. The maximum Gasteiger partial charge on any atom is 0.152 e. The van der Waals surface area contributed by atoms with Gasteiger partial charge < -0.3 is 10.1 Å². The van der Waals surface area contributed by atoms with Crippen LogP contribution in [-0.2, 0) is 6.54 Å². The van der Waals surface area contributed by atoms with Gasteiger partial charge in [0, 0.05) is 18.7 Å². The van der Waals surface area contributed by atoms with Crippen molar-refractivity contribution in [1.82, 2.24) is 0 Å². The van der Waals surface area contributed by atoms with Crippen LogP contribution in [0.3, 0.4) is 0 Å². The summed E-state index contributed by atoms with van der Waals surface area (Å²) in [6.07, 6.45) is 0. The smallest absolute Gasteiger partial charge is 0.152 e. The SMILES string of the molecule is COc1ccc(CNc2c(F)cc(F)cc2F)cc1C#N. The van der Waals surface area contributed by atoms with Crippen molar-refractivity contribution in [3.05, 3.63) is 58.9 Å². The molecule has 6 heteroatoms. The van der Waals surface area contributed by atoms with Gasteiger partial charge in [0.05, 0.1) is 12.7 Å². The molecule has 108 valence electrons. The van der Waals surface area contributed by atoms with Crippen molar-refractivity contribution >= 4 is 5.69 Å². The topological polar surface area (TPSA) is 45.0 Å². The molecular weight excluding hydrogens is 281 g/mol. The summed E-state index contributed by atoms with van der Waals surface area (Å²) in [6, 6.07) is 7.96. The van der Waals surface area contributed by atoms with Crippen molar-refractivity contribution in [3.8, 4) is 11.8 Å². The summed E-state index contributed by atoms with van der Waals surface area (Å²) in [5.74, 6) is -2.59. The van der Waals surface area contributed by atoms with Crippen LogP contribution < -0.4 is 10.1 Å². The Bertz CT molecular complexity index is 688. The van der Waals surface area contributed by atoms with E-state index < -0.39 is 23.1 Å². The van der Waals surface area contributed by atoms with Crippen molar-refractivity contribution < 1.29 is 17.9 Å². The van der Waals surface area contributed by atoms with Crippen molar-refractivity contribution in [3.63, 3.8) is 0 Å². The molecule has 0 fully saturated rings. The van der Waals surface area contributed by atoms with Crippen molar-refractivity contribution in [2.45, 2.75) is 6.54 Å². The fraction of sp³-hybridized carbons (Fsp3) is 0.133. The lowest BCUT2D eigenvalue weighted by Crippen LogP contribution is -2.05. The van der Waals surface area contributed by atoms with E-state index in [-0.39, 0.29) is 6.54 Å². The Morgan fingerprint density at radius 1 is 1.14 bits per heavy atom. The van der Waals surface area contributed by atoms with Crippen LogP contribution >= 0.6 is 0 Å². The van der Waals surface area contributed by atoms with E-state index in [1.54, 1.807) is 18.2 Å². The molecule has 0 spiro atoms. The van der Waals surface area contributed by atoms with Gasteiger partial charge in [0.1, 0.15) is 23.3 Å². The first-order chi connectivity index (χ1) is 10.0. The Balaban J connectivity index is 2.19. The number of rotatable bonds is 4. The molecule has 2 aromatic rings. The van der Waals surface area contributed by atoms with E-state index in [2.05, 4.69) is 5.32 Å². The van der Waals surface area contributed by atoms with Crippen LogP contribution in [-0.4, -0.2) is 7.11 Å². The number of hydrogen-bond donors (Lipinski definition) is 1. The molecule has 0 radical (unpaired) electrons. The molecule has 0 atom stereocenters. The van der Waals surface area contributed by atoms with Gasteiger partial charge in [-0.05, 0) is 17.7 Å². The third kappa shape index (κ3) is 3.26. The number of anilines is 1. The highest BCUT2D eigenvalue weighted by Gasteiger charge is 2.11. The van der Waals surface area contributed by atoms with Gasteiger partial charge in [-0.2, -0.15) is 5.26 Å². The molecule has 3 nitrogen and oxygen atoms in total. The largest absolute Gasteiger partial charge is 0.495 e. The fourth-order valence-electron chi connectivity index (χ4n) is 1.85. The number of ether oxygens (including phenoxy) is 1. The van der Waals surface area contributed by atoms with Crippen molar-refractivity contribution in [2.24, 2.45) is 0 Å². The van der Waals surface area contributed by atoms with Crippen LogP contribution in [0.4, 0.5) is 18.9 Å². The predicted molar refractivity (Wildman–Crippen MR) is 71.4 cm³/mol. The third-order valence-electron chi connectivity index (χ3n) is 2.86. The van der Waals surface area contributed by atoms with Gasteiger partial charge in [0.15, 0.2) is 11.6 Å². The highest BCUT2D eigenvalue weighted by Crippen LogP contribution is 2.23. The Hall–Kier alpha value is -2.68. The molecule has 0 aliphatic carbocycles. The highest BCUT2D eigenvalue weighted by molar-refractivity contribution is 5.49. The molecule has 2 aromatic carbocycles. The number of nitrogens with one attached hydrogen (secondary N) is 1. The molecule has 0 aliphatic rings. The maximum atomic E-state index is 13.5. The van der Waals surface area contributed by atoms with E-state index in [0.29, 0.717) is 29.0 Å². The average molecular weight is 292 g/mol. The van der Waals surface area contributed by atoms with E-state index in [9.17, 15) is 13.2 Å². The summed E-state index contributed by atoms with van der Waals surface area (Å²) in [5.41, 5.74) is 0.540. The Labute approximate surface area is 119 Å². The summed E-state index contributed by atoms with van der Waals surface area (Å²) in [4.78, 5) is 0. The number of benzene rings is 2. The molecule has 0 saturated carbocycles. The summed E-state index contributed by atoms with van der Waals surface area (Å²) in [6.45, 7) is 0.0815. The quantitative estimate of drug-likeness (QED) is 0.936. The standard InChI is InChI=1S/C15H11F3N2O/c1-21-14-3-2-9(4-10(14)7-19)8-20-15-12(17)5-11(16)6-13(15)18/h2-6,20H,8H2,1H3. The zero-order chi connectivity index (χ0) is 15.4. The number of halogens is 3. The second-order valence-electron chi connectivity index (χ2n) is 4.24. The van der Waals surface area contributed by atoms with E-state index in [1.807, 2.05) is 6.07 Å². The van der Waals surface area contributed by atoms with Crippen LogP contribution in [0.2, 0.25) is 0 Å². The fourth-order valence-corrected chi connectivity index (χ4v) is 1.85. The number of methoxy groups -OCH3 is 1. The molecule has 0 saturated heterocycles. The molecule has 2 rings (SSSR count). The van der Waals surface area contributed by atoms with Gasteiger partial charge in [-0.3, -0.25) is 0 Å². The van der Waals surface area contributed by atoms with Crippen LogP contribution in [0.1, 0.15) is 11.1 Å². The van der Waals surface area contributed by atoms with Gasteiger partial charge in [0.2, 0.25) is 0 Å². The van der Waals surface area contributed by atoms with Crippen molar-refractivity contribution in [2.75, 3.05) is 12.4 Å². The van der Waals surface area contributed by atoms with E-state index in [4.69, 9.17) is 10.00 Å². The van der Waals surface area contributed by atoms with E-state index >= 15 is 0 Å². The first-order valence-electron chi connectivity index (χ1n) is 6.00. The lowest BCUT2D eigenvalue weighted by atomic mass is 10.1.